The first-order valence-electron chi connectivity index (χ1n) is 2.88. The first-order chi connectivity index (χ1) is 5.25. The van der Waals surface area contributed by atoms with Gasteiger partial charge in [-0.15, -0.1) is 0 Å². The van der Waals surface area contributed by atoms with E-state index < -0.39 is 0 Å². The fraction of sp³-hybridized carbons (Fsp3) is 0. The van der Waals surface area contributed by atoms with Crippen LogP contribution in [0.3, 0.4) is 0 Å². The molecule has 6 heteroatoms. The second-order valence-electron chi connectivity index (χ2n) is 1.85. The average Bonchev–Trinajstić information content (AvgIpc) is 2.04. The molecular formula is C5H9N4OP. The highest BCUT2D eigenvalue weighted by Gasteiger charge is 2.04. The molecule has 1 aromatic rings. The molecule has 0 radical (unpaired) electrons. The van der Waals surface area contributed by atoms with E-state index in [1.54, 1.807) is 18.3 Å². The van der Waals surface area contributed by atoms with Gasteiger partial charge in [0, 0.05) is 15.7 Å². The Kier molecular flexibility index (Phi) is 2.59. The van der Waals surface area contributed by atoms with Crippen molar-refractivity contribution in [1.82, 2.24) is 4.98 Å². The number of pyridine rings is 1. The number of hydrazine groups is 1. The third-order valence-corrected chi connectivity index (χ3v) is 1.37. The summed E-state index contributed by atoms with van der Waals surface area (Å²) in [5.74, 6) is 5.73. The zero-order chi connectivity index (χ0) is 8.27. The molecule has 0 spiro atoms. The molecule has 0 bridgehead atoms. The van der Waals surface area contributed by atoms with Crippen LogP contribution in [0.1, 0.15) is 0 Å². The van der Waals surface area contributed by atoms with Gasteiger partial charge in [-0.1, -0.05) is 0 Å². The van der Waals surface area contributed by atoms with Gasteiger partial charge in [0.15, 0.2) is 5.82 Å². The van der Waals surface area contributed by atoms with Crippen molar-refractivity contribution in [3.63, 3.8) is 0 Å². The third-order valence-electron chi connectivity index (χ3n) is 1.14. The summed E-state index contributed by atoms with van der Waals surface area (Å²) in [6, 6.07) is 3.40. The number of nitrogens with two attached hydrogens (primary N) is 2. The maximum absolute atomic E-state index is 5.52. The van der Waals surface area contributed by atoms with Gasteiger partial charge in [-0.3, -0.25) is 0 Å². The normalized spacial score (nSPS) is 9.64. The van der Waals surface area contributed by atoms with Crippen molar-refractivity contribution in [1.29, 1.82) is 0 Å². The molecule has 0 saturated heterocycles. The number of rotatable bonds is 2. The molecule has 5 nitrogen and oxygen atoms in total. The van der Waals surface area contributed by atoms with Gasteiger partial charge in [-0.2, -0.15) is 5.17 Å². The van der Waals surface area contributed by atoms with Gasteiger partial charge >= 0.3 is 0 Å². The first-order valence-corrected chi connectivity index (χ1v) is 3.35. The van der Waals surface area contributed by atoms with E-state index in [1.165, 1.54) is 0 Å². The standard InChI is InChI=1S/C5H9N4OP/c6-4-2-1-3-8-5(4)9(7)10-11/h1-3H,6-7,11H2. The third kappa shape index (κ3) is 1.77. The summed E-state index contributed by atoms with van der Waals surface area (Å²) >= 11 is 0. The summed E-state index contributed by atoms with van der Waals surface area (Å²) in [4.78, 5) is 3.89. The van der Waals surface area contributed by atoms with E-state index in [9.17, 15) is 0 Å². The highest BCUT2D eigenvalue weighted by atomic mass is 31.0. The summed E-state index contributed by atoms with van der Waals surface area (Å²) in [7, 11) is 2.00. The molecule has 0 fully saturated rings. The monoisotopic (exact) mass is 172 g/mol. The largest absolute Gasteiger partial charge is 0.396 e. The van der Waals surface area contributed by atoms with Gasteiger partial charge < -0.3 is 5.73 Å². The predicted octanol–water partition coefficient (Wildman–Crippen LogP) is 0.0656. The lowest BCUT2D eigenvalue weighted by molar-refractivity contribution is 0.329. The molecule has 1 rings (SSSR count). The zero-order valence-electron chi connectivity index (χ0n) is 5.77. The van der Waals surface area contributed by atoms with Gasteiger partial charge in [-0.05, 0) is 12.1 Å². The highest BCUT2D eigenvalue weighted by molar-refractivity contribution is 7.09. The minimum atomic E-state index is 0.391. The van der Waals surface area contributed by atoms with Gasteiger partial charge in [-0.25, -0.2) is 15.5 Å². The Morgan fingerprint density at radius 3 is 2.91 bits per heavy atom. The fourth-order valence-corrected chi connectivity index (χ4v) is 0.743. The van der Waals surface area contributed by atoms with Crippen molar-refractivity contribution in [3.05, 3.63) is 18.3 Å². The van der Waals surface area contributed by atoms with E-state index in [1.807, 2.05) is 9.47 Å². The number of nitrogen functional groups attached to an aromatic ring is 1. The molecule has 0 amide bonds. The van der Waals surface area contributed by atoms with E-state index in [-0.39, 0.29) is 0 Å². The molecule has 0 aromatic carbocycles. The molecular weight excluding hydrogens is 163 g/mol. The minimum absolute atomic E-state index is 0.391. The molecule has 4 N–H and O–H groups in total. The van der Waals surface area contributed by atoms with Crippen LogP contribution in [0.15, 0.2) is 18.3 Å². The lowest BCUT2D eigenvalue weighted by Gasteiger charge is -2.14. The van der Waals surface area contributed by atoms with Crippen molar-refractivity contribution in [2.45, 2.75) is 0 Å². The Bertz CT molecular complexity index is 244. The first kappa shape index (κ1) is 8.20. The average molecular weight is 172 g/mol. The molecule has 1 heterocycles. The number of anilines is 2. The number of hydrogen-bond acceptors (Lipinski definition) is 5. The summed E-state index contributed by atoms with van der Waals surface area (Å²) in [6.45, 7) is 0. The molecule has 1 unspecified atom stereocenters. The van der Waals surface area contributed by atoms with Crippen LogP contribution in [0, 0.1) is 0 Å². The van der Waals surface area contributed by atoms with E-state index in [2.05, 4.69) is 9.61 Å². The van der Waals surface area contributed by atoms with Crippen LogP contribution in [0.2, 0.25) is 0 Å². The summed E-state index contributed by atoms with van der Waals surface area (Å²) in [5.41, 5.74) is 5.99. The van der Waals surface area contributed by atoms with Gasteiger partial charge in [0.25, 0.3) is 0 Å². The Morgan fingerprint density at radius 2 is 2.36 bits per heavy atom. The van der Waals surface area contributed by atoms with E-state index in [0.29, 0.717) is 11.5 Å². The van der Waals surface area contributed by atoms with Crippen LogP contribution in [0.4, 0.5) is 11.5 Å². The number of hydrogen-bond donors (Lipinski definition) is 2. The minimum Gasteiger partial charge on any atom is -0.396 e. The summed E-state index contributed by atoms with van der Waals surface area (Å²) in [5, 5.41) is 0.972. The lowest BCUT2D eigenvalue weighted by atomic mass is 10.4. The van der Waals surface area contributed by atoms with Crippen molar-refractivity contribution < 1.29 is 4.62 Å². The quantitative estimate of drug-likeness (QED) is 0.375. The molecule has 60 valence electrons. The van der Waals surface area contributed by atoms with Crippen molar-refractivity contribution >= 4 is 21.0 Å². The predicted molar refractivity (Wildman–Crippen MR) is 46.1 cm³/mol. The van der Waals surface area contributed by atoms with Crippen LogP contribution in [0.5, 0.6) is 0 Å². The van der Waals surface area contributed by atoms with Crippen molar-refractivity contribution in [3.8, 4) is 0 Å². The molecule has 0 aliphatic rings. The smallest absolute Gasteiger partial charge is 0.194 e. The van der Waals surface area contributed by atoms with Gasteiger partial charge in [0.2, 0.25) is 0 Å². The fourth-order valence-electron chi connectivity index (χ4n) is 0.643. The Hall–Kier alpha value is -0.900. The molecule has 0 aliphatic heterocycles. The van der Waals surface area contributed by atoms with Crippen molar-refractivity contribution in [2.75, 3.05) is 10.9 Å². The van der Waals surface area contributed by atoms with Crippen LogP contribution in [-0.2, 0) is 4.62 Å². The molecule has 1 atom stereocenters. The van der Waals surface area contributed by atoms with Gasteiger partial charge in [0.1, 0.15) is 0 Å². The van der Waals surface area contributed by atoms with Crippen LogP contribution < -0.4 is 16.7 Å². The molecule has 11 heavy (non-hydrogen) atoms. The Morgan fingerprint density at radius 1 is 1.64 bits per heavy atom. The van der Waals surface area contributed by atoms with Crippen LogP contribution >= 0.6 is 9.47 Å². The zero-order valence-corrected chi connectivity index (χ0v) is 6.92. The van der Waals surface area contributed by atoms with Crippen LogP contribution in [0.25, 0.3) is 0 Å². The number of nitrogens with zero attached hydrogens (tertiary/aromatic N) is 2. The Labute approximate surface area is 66.5 Å². The summed E-state index contributed by atoms with van der Waals surface area (Å²) < 4.78 is 4.60. The van der Waals surface area contributed by atoms with E-state index >= 15 is 0 Å². The van der Waals surface area contributed by atoms with E-state index in [4.69, 9.17) is 11.6 Å². The van der Waals surface area contributed by atoms with Crippen molar-refractivity contribution in [2.24, 2.45) is 5.84 Å². The topological polar surface area (TPSA) is 77.4 Å². The maximum atomic E-state index is 5.52. The molecule has 1 aromatic heterocycles. The molecule has 0 saturated carbocycles. The van der Waals surface area contributed by atoms with Crippen LogP contribution in [-0.4, -0.2) is 4.98 Å². The number of aromatic nitrogens is 1. The highest BCUT2D eigenvalue weighted by Crippen LogP contribution is 2.16. The Balaban J connectivity index is 2.93. The van der Waals surface area contributed by atoms with Gasteiger partial charge in [0.05, 0.1) is 5.69 Å². The lowest BCUT2D eigenvalue weighted by Crippen LogP contribution is -2.28. The molecule has 0 aliphatic carbocycles. The summed E-state index contributed by atoms with van der Waals surface area (Å²) in [6.07, 6.45) is 1.58. The second kappa shape index (κ2) is 3.48. The van der Waals surface area contributed by atoms with E-state index in [0.717, 1.165) is 5.17 Å². The SMILES string of the molecule is Nc1cccnc1N(N)OP. The maximum Gasteiger partial charge on any atom is 0.194 e. The second-order valence-corrected chi connectivity index (χ2v) is 2.06.